The van der Waals surface area contributed by atoms with Crippen LogP contribution in [0.1, 0.15) is 0 Å². The van der Waals surface area contributed by atoms with E-state index in [1.807, 2.05) is 42.5 Å². The van der Waals surface area contributed by atoms with Gasteiger partial charge in [-0.25, -0.2) is 0 Å². The quantitative estimate of drug-likeness (QED) is 0.470. The van der Waals surface area contributed by atoms with Gasteiger partial charge in [-0.2, -0.15) is 0 Å². The van der Waals surface area contributed by atoms with Gasteiger partial charge in [0, 0.05) is 23.5 Å². The molecule has 0 amide bonds. The largest absolute Gasteiger partial charge is 0.399 e. The van der Waals surface area contributed by atoms with Crippen LogP contribution in [0, 0.1) is 0 Å². The number of pyridine rings is 1. The zero-order valence-electron chi connectivity index (χ0n) is 9.47. The molecule has 0 spiro atoms. The van der Waals surface area contributed by atoms with Crippen LogP contribution in [0.5, 0.6) is 0 Å². The van der Waals surface area contributed by atoms with Gasteiger partial charge in [-0.15, -0.1) is 0 Å². The lowest BCUT2D eigenvalue weighted by atomic mass is 10.1. The summed E-state index contributed by atoms with van der Waals surface area (Å²) in [5, 5.41) is 2.77. The summed E-state index contributed by atoms with van der Waals surface area (Å²) in [6, 6.07) is 13.3. The second-order valence-electron chi connectivity index (χ2n) is 4.19. The molecule has 0 saturated heterocycles. The summed E-state index contributed by atoms with van der Waals surface area (Å²) >= 11 is 0. The Bertz CT molecular complexity index is 787. The molecule has 0 unspecified atom stereocenters. The predicted molar refractivity (Wildman–Crippen MR) is 71.1 cm³/mol. The van der Waals surface area contributed by atoms with Crippen molar-refractivity contribution in [2.45, 2.75) is 0 Å². The third-order valence-electron chi connectivity index (χ3n) is 3.14. The highest BCUT2D eigenvalue weighted by Crippen LogP contribution is 2.23. The fourth-order valence-corrected chi connectivity index (χ4v) is 2.25. The number of nitrogens with two attached hydrogens (primary N) is 1. The topological polar surface area (TPSA) is 48.0 Å². The molecule has 1 aromatic heterocycles. The van der Waals surface area contributed by atoms with Crippen LogP contribution in [0.4, 0.5) is 5.69 Å². The maximum atomic E-state index is 12.2. The molecule has 2 N–H and O–H groups in total. The summed E-state index contributed by atoms with van der Waals surface area (Å²) in [5.41, 5.74) is 7.32. The van der Waals surface area contributed by atoms with Gasteiger partial charge in [0.1, 0.15) is 0 Å². The summed E-state index contributed by atoms with van der Waals surface area (Å²) in [7, 11) is 1.77. The number of fused-ring (bicyclic) bond motifs is 3. The van der Waals surface area contributed by atoms with Crippen molar-refractivity contribution in [1.29, 1.82) is 0 Å². The van der Waals surface area contributed by atoms with Gasteiger partial charge in [0.2, 0.25) is 0 Å². The van der Waals surface area contributed by atoms with Crippen LogP contribution in [0.2, 0.25) is 0 Å². The molecule has 3 rings (SSSR count). The van der Waals surface area contributed by atoms with Crippen molar-refractivity contribution in [3.05, 3.63) is 52.8 Å². The first kappa shape index (κ1) is 9.90. The molecule has 3 nitrogen and oxygen atoms in total. The number of benzene rings is 2. The minimum Gasteiger partial charge on any atom is -0.399 e. The van der Waals surface area contributed by atoms with E-state index in [0.717, 1.165) is 21.7 Å². The zero-order chi connectivity index (χ0) is 12.0. The lowest BCUT2D eigenvalue weighted by molar-refractivity contribution is 0.918. The van der Waals surface area contributed by atoms with Gasteiger partial charge in [0.25, 0.3) is 5.56 Å². The first-order valence-corrected chi connectivity index (χ1v) is 5.45. The molecule has 0 atom stereocenters. The summed E-state index contributed by atoms with van der Waals surface area (Å²) in [6.07, 6.45) is 0. The molecule has 2 aromatic carbocycles. The molecule has 0 fully saturated rings. The van der Waals surface area contributed by atoms with Gasteiger partial charge in [-0.05, 0) is 23.6 Å². The van der Waals surface area contributed by atoms with E-state index in [1.54, 1.807) is 11.6 Å². The van der Waals surface area contributed by atoms with Crippen LogP contribution < -0.4 is 11.3 Å². The third-order valence-corrected chi connectivity index (χ3v) is 3.14. The fourth-order valence-electron chi connectivity index (χ4n) is 2.25. The minimum absolute atomic E-state index is 0.0127. The van der Waals surface area contributed by atoms with Crippen LogP contribution in [0.15, 0.2) is 47.3 Å². The van der Waals surface area contributed by atoms with E-state index in [4.69, 9.17) is 5.73 Å². The van der Waals surface area contributed by atoms with E-state index in [9.17, 15) is 4.79 Å². The minimum atomic E-state index is 0.0127. The zero-order valence-corrected chi connectivity index (χ0v) is 9.47. The lowest BCUT2D eigenvalue weighted by Gasteiger charge is -2.09. The Kier molecular flexibility index (Phi) is 1.95. The highest BCUT2D eigenvalue weighted by molar-refractivity contribution is 6.06. The average Bonchev–Trinajstić information content (AvgIpc) is 2.36. The molecule has 84 valence electrons. The van der Waals surface area contributed by atoms with E-state index < -0.39 is 0 Å². The van der Waals surface area contributed by atoms with Crippen molar-refractivity contribution >= 4 is 27.4 Å². The number of hydrogen-bond donors (Lipinski definition) is 1. The first-order valence-electron chi connectivity index (χ1n) is 5.45. The van der Waals surface area contributed by atoms with Crippen molar-refractivity contribution in [1.82, 2.24) is 4.57 Å². The molecule has 0 aliphatic carbocycles. The Morgan fingerprint density at radius 1 is 1.00 bits per heavy atom. The van der Waals surface area contributed by atoms with Crippen molar-refractivity contribution in [3.8, 4) is 0 Å². The maximum Gasteiger partial charge on any atom is 0.258 e. The standard InChI is InChI=1S/C14H12N2O/c1-16-13-8-9(15)6-7-11(13)10-4-2-3-5-12(10)14(16)17/h2-8H,15H2,1H3. The molecule has 0 aliphatic heterocycles. The second-order valence-corrected chi connectivity index (χ2v) is 4.19. The van der Waals surface area contributed by atoms with Crippen LogP contribution in [0.3, 0.4) is 0 Å². The summed E-state index contributed by atoms with van der Waals surface area (Å²) in [6.45, 7) is 0. The highest BCUT2D eigenvalue weighted by atomic mass is 16.1. The monoisotopic (exact) mass is 224 g/mol. The van der Waals surface area contributed by atoms with E-state index in [2.05, 4.69) is 0 Å². The van der Waals surface area contributed by atoms with Gasteiger partial charge in [-0.3, -0.25) is 4.79 Å². The third kappa shape index (κ3) is 1.32. The molecule has 3 heteroatoms. The summed E-state index contributed by atoms with van der Waals surface area (Å²) in [5.74, 6) is 0. The number of rotatable bonds is 0. The smallest absolute Gasteiger partial charge is 0.258 e. The lowest BCUT2D eigenvalue weighted by Crippen LogP contribution is -2.17. The molecule has 1 heterocycles. The molecule has 3 aromatic rings. The second kappa shape index (κ2) is 3.35. The van der Waals surface area contributed by atoms with Crippen molar-refractivity contribution < 1.29 is 0 Å². The predicted octanol–water partition coefficient (Wildman–Crippen LogP) is 2.27. The Hall–Kier alpha value is -2.29. The number of aromatic nitrogens is 1. The van der Waals surface area contributed by atoms with E-state index in [0.29, 0.717) is 5.69 Å². The Labute approximate surface area is 98.1 Å². The van der Waals surface area contributed by atoms with Crippen molar-refractivity contribution in [2.24, 2.45) is 7.05 Å². The van der Waals surface area contributed by atoms with Crippen molar-refractivity contribution in [2.75, 3.05) is 5.73 Å². The average molecular weight is 224 g/mol. The van der Waals surface area contributed by atoms with E-state index >= 15 is 0 Å². The molecule has 0 radical (unpaired) electrons. The maximum absolute atomic E-state index is 12.2. The van der Waals surface area contributed by atoms with E-state index in [1.165, 1.54) is 0 Å². The van der Waals surface area contributed by atoms with Crippen molar-refractivity contribution in [3.63, 3.8) is 0 Å². The van der Waals surface area contributed by atoms with Gasteiger partial charge < -0.3 is 10.3 Å². The number of aryl methyl sites for hydroxylation is 1. The van der Waals surface area contributed by atoms with Crippen LogP contribution >= 0.6 is 0 Å². The van der Waals surface area contributed by atoms with Gasteiger partial charge >= 0.3 is 0 Å². The van der Waals surface area contributed by atoms with Gasteiger partial charge in [-0.1, -0.05) is 24.3 Å². The normalized spacial score (nSPS) is 11.1. The Morgan fingerprint density at radius 3 is 2.47 bits per heavy atom. The molecular formula is C14H12N2O. The number of nitrogens with zero attached hydrogens (tertiary/aromatic N) is 1. The summed E-state index contributed by atoms with van der Waals surface area (Å²) < 4.78 is 1.65. The molecule has 17 heavy (non-hydrogen) atoms. The highest BCUT2D eigenvalue weighted by Gasteiger charge is 2.07. The number of hydrogen-bond acceptors (Lipinski definition) is 2. The van der Waals surface area contributed by atoms with Crippen LogP contribution in [0.25, 0.3) is 21.7 Å². The van der Waals surface area contributed by atoms with Crippen LogP contribution in [-0.2, 0) is 7.05 Å². The molecule has 0 saturated carbocycles. The van der Waals surface area contributed by atoms with E-state index in [-0.39, 0.29) is 5.56 Å². The Balaban J connectivity index is 2.70. The first-order chi connectivity index (χ1) is 8.18. The van der Waals surface area contributed by atoms with Crippen LogP contribution in [-0.4, -0.2) is 4.57 Å². The molecule has 0 bridgehead atoms. The SMILES string of the molecule is Cn1c(=O)c2ccccc2c2ccc(N)cc21. The van der Waals surface area contributed by atoms with Gasteiger partial charge in [0.15, 0.2) is 0 Å². The molecular weight excluding hydrogens is 212 g/mol. The number of nitrogen functional groups attached to an aromatic ring is 1. The summed E-state index contributed by atoms with van der Waals surface area (Å²) in [4.78, 5) is 12.2. The fraction of sp³-hybridized carbons (Fsp3) is 0.0714. The molecule has 0 aliphatic rings. The number of anilines is 1. The Morgan fingerprint density at radius 2 is 1.71 bits per heavy atom. The van der Waals surface area contributed by atoms with Gasteiger partial charge in [0.05, 0.1) is 5.52 Å².